The van der Waals surface area contributed by atoms with Gasteiger partial charge < -0.3 is 5.32 Å². The second-order valence-electron chi connectivity index (χ2n) is 4.31. The van der Waals surface area contributed by atoms with Crippen molar-refractivity contribution in [3.8, 4) is 0 Å². The van der Waals surface area contributed by atoms with Gasteiger partial charge in [0.25, 0.3) is 5.91 Å². The molecule has 0 fully saturated rings. The fourth-order valence-electron chi connectivity index (χ4n) is 1.55. The van der Waals surface area contributed by atoms with E-state index in [9.17, 15) is 18.0 Å². The van der Waals surface area contributed by atoms with Gasteiger partial charge in [-0.3, -0.25) is 4.79 Å². The number of unbranched alkanes of at least 4 members (excludes halogenated alkanes) is 1. The van der Waals surface area contributed by atoms with Crippen LogP contribution in [0, 0.1) is 6.92 Å². The van der Waals surface area contributed by atoms with Crippen LogP contribution in [0.15, 0.2) is 22.7 Å². The number of aryl methyl sites for hydroxylation is 1. The highest BCUT2D eigenvalue weighted by Crippen LogP contribution is 2.22. The van der Waals surface area contributed by atoms with E-state index >= 15 is 0 Å². The lowest BCUT2D eigenvalue weighted by molar-refractivity contribution is -0.135. The first-order valence-electron chi connectivity index (χ1n) is 5.91. The summed E-state index contributed by atoms with van der Waals surface area (Å²) < 4.78 is 36.4. The third kappa shape index (κ3) is 6.09. The molecule has 0 saturated heterocycles. The molecule has 0 aliphatic rings. The van der Waals surface area contributed by atoms with Gasteiger partial charge in [0.15, 0.2) is 0 Å². The Hall–Kier alpha value is -1.04. The van der Waals surface area contributed by atoms with Crippen LogP contribution < -0.4 is 5.32 Å². The molecular weight excluding hydrogens is 323 g/mol. The highest BCUT2D eigenvalue weighted by atomic mass is 79.9. The molecule has 0 aromatic heterocycles. The largest absolute Gasteiger partial charge is 0.389 e. The summed E-state index contributed by atoms with van der Waals surface area (Å²) in [6.07, 6.45) is -4.59. The molecule has 1 amide bonds. The number of nitrogens with one attached hydrogen (secondary N) is 1. The molecule has 2 nitrogen and oxygen atoms in total. The minimum absolute atomic E-state index is 0.0266. The Bertz CT molecular complexity index is 446. The van der Waals surface area contributed by atoms with E-state index in [1.807, 2.05) is 19.1 Å². The topological polar surface area (TPSA) is 29.1 Å². The highest BCUT2D eigenvalue weighted by molar-refractivity contribution is 9.10. The van der Waals surface area contributed by atoms with Crippen molar-refractivity contribution in [2.45, 2.75) is 32.4 Å². The molecule has 0 aliphatic heterocycles. The third-order valence-electron chi connectivity index (χ3n) is 2.54. The Morgan fingerprint density at radius 2 is 2.00 bits per heavy atom. The standard InChI is InChI=1S/C13H15BrF3NO/c1-9-4-5-10(11(14)8-9)12(19)18-7-3-2-6-13(15,16)17/h4-5,8H,2-3,6-7H2,1H3,(H,18,19). The Morgan fingerprint density at radius 3 is 2.58 bits per heavy atom. The predicted octanol–water partition coefficient (Wildman–Crippen LogP) is 4.22. The number of rotatable bonds is 5. The minimum atomic E-state index is -4.12. The van der Waals surface area contributed by atoms with Crippen molar-refractivity contribution in [2.75, 3.05) is 6.54 Å². The number of carbonyl (C=O) groups is 1. The molecule has 6 heteroatoms. The summed E-state index contributed by atoms with van der Waals surface area (Å²) in [6, 6.07) is 5.31. The van der Waals surface area contributed by atoms with Crippen LogP contribution in [0.2, 0.25) is 0 Å². The number of benzene rings is 1. The normalized spacial score (nSPS) is 11.4. The van der Waals surface area contributed by atoms with Crippen molar-refractivity contribution in [3.05, 3.63) is 33.8 Å². The van der Waals surface area contributed by atoms with Crippen molar-refractivity contribution < 1.29 is 18.0 Å². The molecule has 0 bridgehead atoms. The lowest BCUT2D eigenvalue weighted by Crippen LogP contribution is -2.25. The summed E-state index contributed by atoms with van der Waals surface area (Å²) in [5.41, 5.74) is 1.51. The second-order valence-corrected chi connectivity index (χ2v) is 5.17. The van der Waals surface area contributed by atoms with Gasteiger partial charge in [-0.25, -0.2) is 0 Å². The van der Waals surface area contributed by atoms with Crippen molar-refractivity contribution in [3.63, 3.8) is 0 Å². The molecule has 0 radical (unpaired) electrons. The molecule has 1 N–H and O–H groups in total. The van der Waals surface area contributed by atoms with Gasteiger partial charge in [-0.1, -0.05) is 6.07 Å². The van der Waals surface area contributed by atoms with E-state index in [2.05, 4.69) is 21.2 Å². The lowest BCUT2D eigenvalue weighted by atomic mass is 10.1. The Labute approximate surface area is 118 Å². The van der Waals surface area contributed by atoms with Crippen molar-refractivity contribution in [1.29, 1.82) is 0 Å². The van der Waals surface area contributed by atoms with E-state index in [-0.39, 0.29) is 18.9 Å². The zero-order valence-electron chi connectivity index (χ0n) is 10.5. The van der Waals surface area contributed by atoms with Gasteiger partial charge in [-0.05, 0) is 53.4 Å². The maximum absolute atomic E-state index is 11.9. The molecule has 0 heterocycles. The van der Waals surface area contributed by atoms with E-state index in [1.54, 1.807) is 6.07 Å². The summed E-state index contributed by atoms with van der Waals surface area (Å²) >= 11 is 3.29. The maximum atomic E-state index is 11.9. The predicted molar refractivity (Wildman–Crippen MR) is 71.1 cm³/mol. The highest BCUT2D eigenvalue weighted by Gasteiger charge is 2.25. The third-order valence-corrected chi connectivity index (χ3v) is 3.20. The smallest absolute Gasteiger partial charge is 0.352 e. The van der Waals surface area contributed by atoms with Crippen LogP contribution in [0.3, 0.4) is 0 Å². The first kappa shape index (κ1) is 16.0. The summed E-state index contributed by atoms with van der Waals surface area (Å²) in [7, 11) is 0. The van der Waals surface area contributed by atoms with Gasteiger partial charge in [0.1, 0.15) is 0 Å². The van der Waals surface area contributed by atoms with Gasteiger partial charge in [-0.2, -0.15) is 13.2 Å². The van der Waals surface area contributed by atoms with Crippen molar-refractivity contribution >= 4 is 21.8 Å². The van der Waals surface area contributed by atoms with E-state index in [0.717, 1.165) is 5.56 Å². The van der Waals surface area contributed by atoms with Gasteiger partial charge in [-0.15, -0.1) is 0 Å². The molecule has 1 aromatic rings. The molecule has 19 heavy (non-hydrogen) atoms. The lowest BCUT2D eigenvalue weighted by Gasteiger charge is -2.08. The van der Waals surface area contributed by atoms with Crippen LogP contribution in [-0.2, 0) is 0 Å². The average molecular weight is 338 g/mol. The second kappa shape index (κ2) is 6.93. The van der Waals surface area contributed by atoms with Crippen LogP contribution in [0.1, 0.15) is 35.2 Å². The van der Waals surface area contributed by atoms with Gasteiger partial charge in [0.2, 0.25) is 0 Å². The van der Waals surface area contributed by atoms with Crippen LogP contribution in [0.5, 0.6) is 0 Å². The number of alkyl halides is 3. The molecular formula is C13H15BrF3NO. The summed E-state index contributed by atoms with van der Waals surface area (Å²) in [5, 5.41) is 2.61. The summed E-state index contributed by atoms with van der Waals surface area (Å²) in [4.78, 5) is 11.8. The van der Waals surface area contributed by atoms with E-state index in [0.29, 0.717) is 16.5 Å². The number of halogens is 4. The number of hydrogen-bond donors (Lipinski definition) is 1. The van der Waals surface area contributed by atoms with Crippen molar-refractivity contribution in [2.24, 2.45) is 0 Å². The molecule has 0 unspecified atom stereocenters. The van der Waals surface area contributed by atoms with Gasteiger partial charge in [0.05, 0.1) is 5.56 Å². The Morgan fingerprint density at radius 1 is 1.32 bits per heavy atom. The summed E-state index contributed by atoms with van der Waals surface area (Å²) in [5.74, 6) is -0.279. The minimum Gasteiger partial charge on any atom is -0.352 e. The molecule has 0 saturated carbocycles. The monoisotopic (exact) mass is 337 g/mol. The SMILES string of the molecule is Cc1ccc(C(=O)NCCCCC(F)(F)F)c(Br)c1. The van der Waals surface area contributed by atoms with E-state index in [4.69, 9.17) is 0 Å². The van der Waals surface area contributed by atoms with Crippen LogP contribution in [0.4, 0.5) is 13.2 Å². The fourth-order valence-corrected chi connectivity index (χ4v) is 2.23. The Balaban J connectivity index is 2.36. The number of amides is 1. The molecule has 0 aliphatic carbocycles. The van der Waals surface area contributed by atoms with Crippen molar-refractivity contribution in [1.82, 2.24) is 5.32 Å². The first-order valence-corrected chi connectivity index (χ1v) is 6.70. The number of carbonyl (C=O) groups excluding carboxylic acids is 1. The summed E-state index contributed by atoms with van der Waals surface area (Å²) in [6.45, 7) is 2.15. The first-order chi connectivity index (χ1) is 8.79. The zero-order chi connectivity index (χ0) is 14.5. The van der Waals surface area contributed by atoms with E-state index < -0.39 is 12.6 Å². The van der Waals surface area contributed by atoms with Crippen LogP contribution in [0.25, 0.3) is 0 Å². The maximum Gasteiger partial charge on any atom is 0.389 e. The van der Waals surface area contributed by atoms with Gasteiger partial charge in [0, 0.05) is 17.4 Å². The Kier molecular flexibility index (Phi) is 5.85. The molecule has 1 aromatic carbocycles. The number of hydrogen-bond acceptors (Lipinski definition) is 1. The molecule has 0 spiro atoms. The van der Waals surface area contributed by atoms with Crippen LogP contribution >= 0.6 is 15.9 Å². The van der Waals surface area contributed by atoms with E-state index in [1.165, 1.54) is 0 Å². The molecule has 0 atom stereocenters. The van der Waals surface area contributed by atoms with Crippen LogP contribution in [-0.4, -0.2) is 18.6 Å². The molecule has 106 valence electrons. The fraction of sp³-hybridized carbons (Fsp3) is 0.462. The average Bonchev–Trinajstić information content (AvgIpc) is 2.26. The van der Waals surface area contributed by atoms with Gasteiger partial charge >= 0.3 is 6.18 Å². The quantitative estimate of drug-likeness (QED) is 0.801. The molecule has 1 rings (SSSR count). The zero-order valence-corrected chi connectivity index (χ0v) is 12.1.